The molecule has 0 spiro atoms. The van der Waals surface area contributed by atoms with Crippen LogP contribution in [0.5, 0.6) is 0 Å². The first-order valence-electron chi connectivity index (χ1n) is 4.51. The van der Waals surface area contributed by atoms with Crippen LogP contribution >= 0.6 is 12.2 Å². The first-order chi connectivity index (χ1) is 6.56. The average Bonchev–Trinajstić information content (AvgIpc) is 2.01. The molecule has 1 aliphatic heterocycles. The Morgan fingerprint density at radius 3 is 2.79 bits per heavy atom. The molecule has 0 radical (unpaired) electrons. The van der Waals surface area contributed by atoms with Crippen LogP contribution < -0.4 is 10.6 Å². The largest absolute Gasteiger partial charge is 0.463 e. The molecule has 78 valence electrons. The van der Waals surface area contributed by atoms with Gasteiger partial charge >= 0.3 is 5.97 Å². The molecule has 0 saturated carbocycles. The monoisotopic (exact) mass is 214 g/mol. The molecule has 1 atom stereocenters. The number of esters is 1. The lowest BCUT2D eigenvalue weighted by atomic mass is 10.1. The molecule has 0 bridgehead atoms. The van der Waals surface area contributed by atoms with Crippen molar-refractivity contribution in [1.82, 2.24) is 10.6 Å². The first kappa shape index (κ1) is 11.0. The summed E-state index contributed by atoms with van der Waals surface area (Å²) < 4.78 is 4.94. The fourth-order valence-corrected chi connectivity index (χ4v) is 1.74. The van der Waals surface area contributed by atoms with Crippen LogP contribution in [0.15, 0.2) is 11.3 Å². The van der Waals surface area contributed by atoms with Gasteiger partial charge in [0.25, 0.3) is 0 Å². The highest BCUT2D eigenvalue weighted by molar-refractivity contribution is 7.80. The molecule has 0 saturated heterocycles. The molecule has 0 aromatic rings. The Hall–Kier alpha value is -1.10. The van der Waals surface area contributed by atoms with E-state index in [1.54, 1.807) is 6.92 Å². The Bertz CT molecular complexity index is 299. The quantitative estimate of drug-likeness (QED) is 0.523. The van der Waals surface area contributed by atoms with Crippen LogP contribution in [0.25, 0.3) is 0 Å². The zero-order valence-corrected chi connectivity index (χ0v) is 9.33. The van der Waals surface area contributed by atoms with Gasteiger partial charge in [-0.05, 0) is 33.0 Å². The van der Waals surface area contributed by atoms with Crippen molar-refractivity contribution < 1.29 is 9.53 Å². The molecule has 1 heterocycles. The topological polar surface area (TPSA) is 50.4 Å². The smallest absolute Gasteiger partial charge is 0.337 e. The maximum atomic E-state index is 11.5. The molecular weight excluding hydrogens is 200 g/mol. The van der Waals surface area contributed by atoms with Crippen molar-refractivity contribution in [3.63, 3.8) is 0 Å². The molecule has 0 aromatic heterocycles. The van der Waals surface area contributed by atoms with Gasteiger partial charge in [0.1, 0.15) is 0 Å². The van der Waals surface area contributed by atoms with E-state index in [9.17, 15) is 4.79 Å². The van der Waals surface area contributed by atoms with E-state index < -0.39 is 0 Å². The second kappa shape index (κ2) is 4.41. The molecule has 0 fully saturated rings. The lowest BCUT2D eigenvalue weighted by Gasteiger charge is -2.26. The van der Waals surface area contributed by atoms with Gasteiger partial charge in [0.2, 0.25) is 0 Å². The fourth-order valence-electron chi connectivity index (χ4n) is 1.41. The maximum Gasteiger partial charge on any atom is 0.337 e. The zero-order chi connectivity index (χ0) is 10.7. The van der Waals surface area contributed by atoms with Gasteiger partial charge in [0, 0.05) is 5.70 Å². The Morgan fingerprint density at radius 1 is 1.64 bits per heavy atom. The third-order valence-corrected chi connectivity index (χ3v) is 2.20. The summed E-state index contributed by atoms with van der Waals surface area (Å²) in [6.07, 6.45) is 0. The molecule has 4 nitrogen and oxygen atoms in total. The summed E-state index contributed by atoms with van der Waals surface area (Å²) in [5.74, 6) is -0.292. The van der Waals surface area contributed by atoms with E-state index in [1.165, 1.54) is 0 Å². The molecule has 1 aliphatic rings. The van der Waals surface area contributed by atoms with Crippen LogP contribution in [-0.2, 0) is 9.53 Å². The Morgan fingerprint density at radius 2 is 2.29 bits per heavy atom. The number of carbonyl (C=O) groups is 1. The van der Waals surface area contributed by atoms with E-state index in [4.69, 9.17) is 17.0 Å². The van der Waals surface area contributed by atoms with Gasteiger partial charge in [0.15, 0.2) is 5.11 Å². The fraction of sp³-hybridized carbons (Fsp3) is 0.556. The zero-order valence-electron chi connectivity index (χ0n) is 8.51. The van der Waals surface area contributed by atoms with Gasteiger partial charge < -0.3 is 15.4 Å². The van der Waals surface area contributed by atoms with Gasteiger partial charge in [-0.2, -0.15) is 0 Å². The highest BCUT2D eigenvalue weighted by Gasteiger charge is 2.25. The Labute approximate surface area is 88.7 Å². The summed E-state index contributed by atoms with van der Waals surface area (Å²) >= 11 is 4.96. The molecule has 1 rings (SSSR count). The number of allylic oxidation sites excluding steroid dienone is 1. The second-order valence-corrected chi connectivity index (χ2v) is 3.49. The van der Waals surface area contributed by atoms with Crippen molar-refractivity contribution in [1.29, 1.82) is 0 Å². The lowest BCUT2D eigenvalue weighted by molar-refractivity contribution is -0.138. The summed E-state index contributed by atoms with van der Waals surface area (Å²) in [6, 6.07) is -0.0946. The maximum absolute atomic E-state index is 11.5. The van der Waals surface area contributed by atoms with Crippen LogP contribution in [0.2, 0.25) is 0 Å². The van der Waals surface area contributed by atoms with Crippen molar-refractivity contribution in [3.8, 4) is 0 Å². The SMILES string of the molecule is CCOC(=O)C1=C(C)NC(=S)N[C@H]1C. The Kier molecular flexibility index (Phi) is 3.46. The Balaban J connectivity index is 2.88. The number of ether oxygens (including phenoxy) is 1. The van der Waals surface area contributed by atoms with Crippen LogP contribution in [-0.4, -0.2) is 23.7 Å². The van der Waals surface area contributed by atoms with Gasteiger partial charge in [-0.3, -0.25) is 0 Å². The normalized spacial score (nSPS) is 21.4. The standard InChI is InChI=1S/C9H14N2O2S/c1-4-13-8(12)7-5(2)10-9(14)11-6(7)3/h5H,4H2,1-3H3,(H2,10,11,14)/t5-/m0/s1. The van der Waals surface area contributed by atoms with Crippen LogP contribution in [0.3, 0.4) is 0 Å². The summed E-state index contributed by atoms with van der Waals surface area (Å²) in [6.45, 7) is 5.86. The highest BCUT2D eigenvalue weighted by atomic mass is 32.1. The van der Waals surface area contributed by atoms with Gasteiger partial charge in [-0.15, -0.1) is 0 Å². The van der Waals surface area contributed by atoms with Crippen molar-refractivity contribution in [2.24, 2.45) is 0 Å². The van der Waals surface area contributed by atoms with E-state index in [-0.39, 0.29) is 12.0 Å². The molecule has 0 amide bonds. The third-order valence-electron chi connectivity index (χ3n) is 1.98. The second-order valence-electron chi connectivity index (χ2n) is 3.08. The van der Waals surface area contributed by atoms with Crippen LogP contribution in [0, 0.1) is 0 Å². The van der Waals surface area contributed by atoms with Crippen molar-refractivity contribution in [2.75, 3.05) is 6.61 Å². The number of thiocarbonyl (C=S) groups is 1. The number of hydrogen-bond acceptors (Lipinski definition) is 3. The lowest BCUT2D eigenvalue weighted by Crippen LogP contribution is -2.48. The predicted octanol–water partition coefficient (Wildman–Crippen LogP) is 0.690. The minimum absolute atomic E-state index is 0.0946. The number of carbonyl (C=O) groups excluding carboxylic acids is 1. The average molecular weight is 214 g/mol. The highest BCUT2D eigenvalue weighted by Crippen LogP contribution is 2.13. The first-order valence-corrected chi connectivity index (χ1v) is 4.92. The molecule has 2 N–H and O–H groups in total. The van der Waals surface area contributed by atoms with E-state index in [2.05, 4.69) is 10.6 Å². The number of hydrogen-bond donors (Lipinski definition) is 2. The van der Waals surface area contributed by atoms with E-state index in [0.717, 1.165) is 5.70 Å². The van der Waals surface area contributed by atoms with Gasteiger partial charge in [-0.25, -0.2) is 4.79 Å². The predicted molar refractivity (Wildman–Crippen MR) is 57.7 cm³/mol. The van der Waals surface area contributed by atoms with Gasteiger partial charge in [-0.1, -0.05) is 0 Å². The molecule has 0 unspecified atom stereocenters. The van der Waals surface area contributed by atoms with E-state index >= 15 is 0 Å². The number of nitrogens with one attached hydrogen (secondary N) is 2. The molecule has 14 heavy (non-hydrogen) atoms. The molecule has 0 aliphatic carbocycles. The summed E-state index contributed by atoms with van der Waals surface area (Å²) in [5, 5.41) is 6.40. The summed E-state index contributed by atoms with van der Waals surface area (Å²) in [7, 11) is 0. The molecule has 0 aromatic carbocycles. The van der Waals surface area contributed by atoms with Crippen molar-refractivity contribution in [3.05, 3.63) is 11.3 Å². The van der Waals surface area contributed by atoms with Crippen LogP contribution in [0.1, 0.15) is 20.8 Å². The third kappa shape index (κ3) is 2.23. The van der Waals surface area contributed by atoms with E-state index in [0.29, 0.717) is 17.3 Å². The minimum Gasteiger partial charge on any atom is -0.463 e. The van der Waals surface area contributed by atoms with Gasteiger partial charge in [0.05, 0.1) is 18.2 Å². The minimum atomic E-state index is -0.292. The molecule has 5 heteroatoms. The summed E-state index contributed by atoms with van der Waals surface area (Å²) in [4.78, 5) is 11.5. The summed E-state index contributed by atoms with van der Waals surface area (Å²) in [5.41, 5.74) is 1.38. The molecular formula is C9H14N2O2S. The van der Waals surface area contributed by atoms with Crippen LogP contribution in [0.4, 0.5) is 0 Å². The van der Waals surface area contributed by atoms with Crippen molar-refractivity contribution >= 4 is 23.3 Å². The van der Waals surface area contributed by atoms with E-state index in [1.807, 2.05) is 13.8 Å². The number of rotatable bonds is 2. The van der Waals surface area contributed by atoms with Crippen molar-refractivity contribution in [2.45, 2.75) is 26.8 Å².